The lowest BCUT2D eigenvalue weighted by molar-refractivity contribution is -0.107. The van der Waals surface area contributed by atoms with E-state index in [1.165, 1.54) is 10.8 Å². The SMILES string of the molecule is CC(Oc1cnc2cc(N3CCOCC3)nc(OC3CCC(c4cnccn4)CC3)c2c1)c1cnc(N([O-])C=O)n1C. The molecule has 1 unspecified atom stereocenters. The second-order valence-electron chi connectivity index (χ2n) is 10.6. The van der Waals surface area contributed by atoms with Gasteiger partial charge < -0.3 is 33.9 Å². The standard InChI is InChI=1S/C29H33N8O5/c1-19(26-17-33-29(35(26)2)37(39)18-38)41-22-13-23-24(32-15-22)14-27(36-9-11-40-12-10-36)34-28(23)42-21-5-3-20(4-6-21)25-16-30-7-8-31-25/h7-8,13-21H,3-6,9-12H2,1-2H3/q-1. The molecule has 0 aromatic carbocycles. The Morgan fingerprint density at radius 3 is 2.62 bits per heavy atom. The maximum Gasteiger partial charge on any atom is 0.225 e. The summed E-state index contributed by atoms with van der Waals surface area (Å²) >= 11 is 0. The fourth-order valence-electron chi connectivity index (χ4n) is 5.63. The number of hydrogen-bond acceptors (Lipinski definition) is 11. The van der Waals surface area contributed by atoms with Crippen LogP contribution >= 0.6 is 0 Å². The van der Waals surface area contributed by atoms with Crippen molar-refractivity contribution in [3.05, 3.63) is 59.7 Å². The topological polar surface area (TPSA) is 144 Å². The monoisotopic (exact) mass is 573 g/mol. The highest BCUT2D eigenvalue weighted by Gasteiger charge is 2.26. The molecule has 0 N–H and O–H groups in total. The predicted molar refractivity (Wildman–Crippen MR) is 154 cm³/mol. The van der Waals surface area contributed by atoms with Gasteiger partial charge in [-0.3, -0.25) is 19.7 Å². The number of aromatic nitrogens is 6. The molecule has 2 aliphatic rings. The van der Waals surface area contributed by atoms with Gasteiger partial charge in [0.15, 0.2) is 0 Å². The molecule has 42 heavy (non-hydrogen) atoms. The van der Waals surface area contributed by atoms with Crippen molar-refractivity contribution in [1.82, 2.24) is 29.5 Å². The van der Waals surface area contributed by atoms with Crippen molar-refractivity contribution in [2.75, 3.05) is 36.3 Å². The van der Waals surface area contributed by atoms with Crippen LogP contribution in [0.5, 0.6) is 11.6 Å². The molecule has 220 valence electrons. The molecule has 0 bridgehead atoms. The zero-order valence-electron chi connectivity index (χ0n) is 23.6. The van der Waals surface area contributed by atoms with E-state index in [0.717, 1.165) is 61.2 Å². The number of hydroxylamine groups is 1. The molecule has 1 atom stereocenters. The third-order valence-corrected chi connectivity index (χ3v) is 7.92. The molecule has 0 spiro atoms. The predicted octanol–water partition coefficient (Wildman–Crippen LogP) is 3.70. The molecule has 2 fully saturated rings. The van der Waals surface area contributed by atoms with Gasteiger partial charge in [0.25, 0.3) is 0 Å². The Kier molecular flexibility index (Phi) is 8.11. The first-order chi connectivity index (χ1) is 20.5. The molecule has 1 amide bonds. The van der Waals surface area contributed by atoms with Crippen LogP contribution in [-0.4, -0.2) is 68.3 Å². The summed E-state index contributed by atoms with van der Waals surface area (Å²) in [5, 5.41) is 12.7. The molecule has 1 saturated carbocycles. The Morgan fingerprint density at radius 2 is 1.88 bits per heavy atom. The highest BCUT2D eigenvalue weighted by Crippen LogP contribution is 2.37. The van der Waals surface area contributed by atoms with Gasteiger partial charge in [-0.05, 0) is 38.7 Å². The van der Waals surface area contributed by atoms with E-state index in [9.17, 15) is 10.0 Å². The van der Waals surface area contributed by atoms with Crippen LogP contribution < -0.4 is 19.4 Å². The molecular weight excluding hydrogens is 540 g/mol. The number of carbonyl (C=O) groups is 1. The third-order valence-electron chi connectivity index (χ3n) is 7.92. The van der Waals surface area contributed by atoms with Gasteiger partial charge in [-0.15, -0.1) is 0 Å². The second kappa shape index (κ2) is 12.2. The van der Waals surface area contributed by atoms with E-state index in [1.54, 1.807) is 25.6 Å². The highest BCUT2D eigenvalue weighted by atomic mass is 16.5. The van der Waals surface area contributed by atoms with E-state index < -0.39 is 6.10 Å². The lowest BCUT2D eigenvalue weighted by atomic mass is 9.85. The lowest BCUT2D eigenvalue weighted by Gasteiger charge is -2.30. The van der Waals surface area contributed by atoms with Gasteiger partial charge in [-0.1, -0.05) is 0 Å². The van der Waals surface area contributed by atoms with E-state index in [2.05, 4.69) is 19.9 Å². The fraction of sp³-hybridized carbons (Fsp3) is 0.448. The van der Waals surface area contributed by atoms with Crippen LogP contribution in [0.3, 0.4) is 0 Å². The number of carbonyl (C=O) groups excluding carboxylic acids is 1. The van der Waals surface area contributed by atoms with Crippen LogP contribution in [0.15, 0.2) is 43.1 Å². The first-order valence-corrected chi connectivity index (χ1v) is 14.2. The third kappa shape index (κ3) is 5.83. The second-order valence-corrected chi connectivity index (χ2v) is 10.6. The summed E-state index contributed by atoms with van der Waals surface area (Å²) in [6.45, 7) is 4.63. The Hall–Kier alpha value is -4.36. The maximum atomic E-state index is 11.8. The number of pyridine rings is 2. The summed E-state index contributed by atoms with van der Waals surface area (Å²) in [6, 6.07) is 3.86. The van der Waals surface area contributed by atoms with E-state index in [4.69, 9.17) is 24.2 Å². The van der Waals surface area contributed by atoms with Crippen LogP contribution in [0.1, 0.15) is 56.0 Å². The maximum absolute atomic E-state index is 11.8. The number of fused-ring (bicyclic) bond motifs is 1. The first kappa shape index (κ1) is 27.8. The molecule has 4 aromatic rings. The number of morpholine rings is 1. The van der Waals surface area contributed by atoms with E-state index in [-0.39, 0.29) is 23.5 Å². The minimum absolute atomic E-state index is 0.0118. The Labute approximate surface area is 243 Å². The molecule has 0 radical (unpaired) electrons. The van der Waals surface area contributed by atoms with Gasteiger partial charge in [0, 0.05) is 50.7 Å². The van der Waals surface area contributed by atoms with Gasteiger partial charge in [0.1, 0.15) is 23.8 Å². The van der Waals surface area contributed by atoms with E-state index in [1.807, 2.05) is 25.3 Å². The number of nitrogens with zero attached hydrogens (tertiary/aromatic N) is 8. The minimum atomic E-state index is -0.475. The summed E-state index contributed by atoms with van der Waals surface area (Å²) in [5.41, 5.74) is 2.42. The van der Waals surface area contributed by atoms with Crippen LogP contribution in [0.2, 0.25) is 0 Å². The van der Waals surface area contributed by atoms with E-state index in [0.29, 0.717) is 36.5 Å². The molecular formula is C29H33N8O5-. The van der Waals surface area contributed by atoms with Gasteiger partial charge in [-0.2, -0.15) is 4.98 Å². The molecule has 1 aliphatic carbocycles. The average molecular weight is 574 g/mol. The smallest absolute Gasteiger partial charge is 0.225 e. The summed E-state index contributed by atoms with van der Waals surface area (Å²) < 4.78 is 19.9. The number of imidazole rings is 1. The van der Waals surface area contributed by atoms with Gasteiger partial charge >= 0.3 is 0 Å². The molecule has 4 aromatic heterocycles. The zero-order valence-corrected chi connectivity index (χ0v) is 23.6. The quantitative estimate of drug-likeness (QED) is 0.214. The van der Waals surface area contributed by atoms with Gasteiger partial charge in [-0.25, -0.2) is 4.98 Å². The van der Waals surface area contributed by atoms with Crippen molar-refractivity contribution in [2.24, 2.45) is 7.05 Å². The number of rotatable bonds is 9. The van der Waals surface area contributed by atoms with Gasteiger partial charge in [0.05, 0.1) is 47.9 Å². The van der Waals surface area contributed by atoms with Crippen LogP contribution in [0.4, 0.5) is 11.8 Å². The Bertz CT molecular complexity index is 1520. The van der Waals surface area contributed by atoms with Crippen LogP contribution in [-0.2, 0) is 16.6 Å². The molecule has 6 rings (SSSR count). The Morgan fingerprint density at radius 1 is 1.07 bits per heavy atom. The van der Waals surface area contributed by atoms with Crippen LogP contribution in [0, 0.1) is 5.21 Å². The van der Waals surface area contributed by atoms with Crippen molar-refractivity contribution < 1.29 is 19.0 Å². The number of ether oxygens (including phenoxy) is 3. The molecule has 13 nitrogen and oxygen atoms in total. The van der Waals surface area contributed by atoms with Crippen molar-refractivity contribution >= 4 is 29.1 Å². The van der Waals surface area contributed by atoms with Crippen molar-refractivity contribution in [3.63, 3.8) is 0 Å². The molecule has 1 aliphatic heterocycles. The zero-order chi connectivity index (χ0) is 29.1. The van der Waals surface area contributed by atoms with Crippen molar-refractivity contribution in [2.45, 2.75) is 50.7 Å². The molecule has 5 heterocycles. The number of amides is 1. The summed E-state index contributed by atoms with van der Waals surface area (Å²) in [5.74, 6) is 2.21. The summed E-state index contributed by atoms with van der Waals surface area (Å²) in [6.07, 6.45) is 11.9. The molecule has 13 heteroatoms. The van der Waals surface area contributed by atoms with Crippen LogP contribution in [0.25, 0.3) is 10.9 Å². The fourth-order valence-corrected chi connectivity index (χ4v) is 5.63. The highest BCUT2D eigenvalue weighted by molar-refractivity contribution is 5.87. The first-order valence-electron chi connectivity index (χ1n) is 14.2. The number of hydrogen-bond donors (Lipinski definition) is 0. The largest absolute Gasteiger partial charge is 0.750 e. The van der Waals surface area contributed by atoms with Crippen molar-refractivity contribution in [3.8, 4) is 11.6 Å². The summed E-state index contributed by atoms with van der Waals surface area (Å²) in [7, 11) is 1.66. The van der Waals surface area contributed by atoms with Crippen molar-refractivity contribution in [1.29, 1.82) is 0 Å². The molecule has 1 saturated heterocycles. The van der Waals surface area contributed by atoms with Gasteiger partial charge in [0.2, 0.25) is 18.2 Å². The normalized spacial score (nSPS) is 19.8. The average Bonchev–Trinajstić information content (AvgIpc) is 3.43. The summed E-state index contributed by atoms with van der Waals surface area (Å²) in [4.78, 5) is 35.6. The number of anilines is 2. The van der Waals surface area contributed by atoms with E-state index >= 15 is 0 Å². The lowest BCUT2D eigenvalue weighted by Crippen LogP contribution is -2.36. The minimum Gasteiger partial charge on any atom is -0.750 e. The Balaban J connectivity index is 1.25.